The lowest BCUT2D eigenvalue weighted by molar-refractivity contribution is 0.170. The second kappa shape index (κ2) is 7.72. The van der Waals surface area contributed by atoms with Gasteiger partial charge in [-0.1, -0.05) is 0 Å². The molecule has 0 spiro atoms. The summed E-state index contributed by atoms with van der Waals surface area (Å²) in [6.45, 7) is 5.49. The molecule has 0 radical (unpaired) electrons. The minimum absolute atomic E-state index is 0.225. The fourth-order valence-electron chi connectivity index (χ4n) is 3.95. The van der Waals surface area contributed by atoms with Crippen LogP contribution in [-0.4, -0.2) is 43.3 Å². The molecule has 0 aliphatic carbocycles. The highest BCUT2D eigenvalue weighted by atomic mass is 19.1. The quantitative estimate of drug-likeness (QED) is 0.805. The van der Waals surface area contributed by atoms with Crippen molar-refractivity contribution in [2.75, 3.05) is 33.4 Å². The van der Waals surface area contributed by atoms with E-state index in [1.54, 1.807) is 13.2 Å². The summed E-state index contributed by atoms with van der Waals surface area (Å²) in [6.07, 6.45) is 2.09. The fraction of sp³-hybridized carbons (Fsp3) is 0.476. The molecule has 27 heavy (non-hydrogen) atoms. The summed E-state index contributed by atoms with van der Waals surface area (Å²) in [6, 6.07) is 7.36. The van der Waals surface area contributed by atoms with Crippen molar-refractivity contribution in [1.82, 2.24) is 9.88 Å². The van der Waals surface area contributed by atoms with E-state index >= 15 is 0 Å². The number of hydrogen-bond acceptors (Lipinski definition) is 5. The molecule has 0 saturated carbocycles. The van der Waals surface area contributed by atoms with E-state index in [1.165, 1.54) is 11.6 Å². The summed E-state index contributed by atoms with van der Waals surface area (Å²) in [7, 11) is 1.64. The van der Waals surface area contributed by atoms with Crippen molar-refractivity contribution in [2.24, 2.45) is 5.92 Å². The largest absolute Gasteiger partial charge is 0.486 e. The summed E-state index contributed by atoms with van der Waals surface area (Å²) in [5.74, 6) is 2.14. The predicted octanol–water partition coefficient (Wildman–Crippen LogP) is 3.37. The van der Waals surface area contributed by atoms with E-state index < -0.39 is 0 Å². The zero-order chi connectivity index (χ0) is 18.8. The maximum absolute atomic E-state index is 14.4. The monoisotopic (exact) mass is 372 g/mol. The summed E-state index contributed by atoms with van der Waals surface area (Å²) in [5, 5.41) is 0. The van der Waals surface area contributed by atoms with Gasteiger partial charge in [-0.2, -0.15) is 0 Å². The topological polar surface area (TPSA) is 43.8 Å². The molecule has 144 valence electrons. The van der Waals surface area contributed by atoms with Crippen LogP contribution in [-0.2, 0) is 13.0 Å². The molecule has 1 saturated heterocycles. The number of nitrogens with zero attached hydrogens (tertiary/aromatic N) is 2. The second-order valence-corrected chi connectivity index (χ2v) is 7.34. The number of pyridine rings is 1. The Kier molecular flexibility index (Phi) is 5.16. The van der Waals surface area contributed by atoms with E-state index in [-0.39, 0.29) is 5.82 Å². The number of likely N-dealkylation sites (tertiary alicyclic amines) is 1. The zero-order valence-electron chi connectivity index (χ0n) is 15.8. The van der Waals surface area contributed by atoms with Crippen LogP contribution in [0.2, 0.25) is 0 Å². The summed E-state index contributed by atoms with van der Waals surface area (Å²) in [5.41, 5.74) is 2.88. The number of fused-ring (bicyclic) bond motifs is 1. The molecule has 1 unspecified atom stereocenters. The van der Waals surface area contributed by atoms with Gasteiger partial charge in [-0.15, -0.1) is 0 Å². The van der Waals surface area contributed by atoms with Crippen molar-refractivity contribution in [3.05, 3.63) is 46.9 Å². The maximum Gasteiger partial charge on any atom is 0.213 e. The number of ether oxygens (including phenoxy) is 3. The first-order valence-corrected chi connectivity index (χ1v) is 9.42. The number of benzene rings is 1. The average molecular weight is 372 g/mol. The van der Waals surface area contributed by atoms with Crippen LogP contribution in [0.4, 0.5) is 4.39 Å². The maximum atomic E-state index is 14.4. The van der Waals surface area contributed by atoms with Gasteiger partial charge in [-0.25, -0.2) is 9.37 Å². The number of rotatable bonds is 5. The van der Waals surface area contributed by atoms with Crippen LogP contribution >= 0.6 is 0 Å². The lowest BCUT2D eigenvalue weighted by atomic mass is 9.99. The number of hydrogen-bond donors (Lipinski definition) is 0. The average Bonchev–Trinajstić information content (AvgIpc) is 3.08. The molecular weight excluding hydrogens is 347 g/mol. The molecule has 2 aliphatic rings. The van der Waals surface area contributed by atoms with Gasteiger partial charge in [0.2, 0.25) is 5.88 Å². The molecule has 1 atom stereocenters. The van der Waals surface area contributed by atoms with Gasteiger partial charge in [0.05, 0.1) is 7.11 Å². The molecular formula is C21H25FN2O3. The summed E-state index contributed by atoms with van der Waals surface area (Å²) < 4.78 is 30.7. The zero-order valence-corrected chi connectivity index (χ0v) is 15.8. The van der Waals surface area contributed by atoms with Crippen LogP contribution in [0.25, 0.3) is 0 Å². The van der Waals surface area contributed by atoms with Crippen LogP contribution in [0, 0.1) is 18.7 Å². The van der Waals surface area contributed by atoms with Gasteiger partial charge in [0, 0.05) is 36.5 Å². The van der Waals surface area contributed by atoms with Crippen LogP contribution in [0.15, 0.2) is 24.3 Å². The third-order valence-electron chi connectivity index (χ3n) is 5.20. The van der Waals surface area contributed by atoms with Gasteiger partial charge < -0.3 is 14.2 Å². The fourth-order valence-corrected chi connectivity index (χ4v) is 3.95. The molecule has 1 aromatic carbocycles. The molecule has 4 rings (SSSR count). The first-order valence-electron chi connectivity index (χ1n) is 9.42. The normalized spacial score (nSPS) is 19.3. The summed E-state index contributed by atoms with van der Waals surface area (Å²) >= 11 is 0. The lowest BCUT2D eigenvalue weighted by Crippen LogP contribution is -2.22. The Morgan fingerprint density at radius 1 is 1.19 bits per heavy atom. The number of aryl methyl sites for hydroxylation is 1. The third kappa shape index (κ3) is 4.16. The van der Waals surface area contributed by atoms with Crippen molar-refractivity contribution in [1.29, 1.82) is 0 Å². The van der Waals surface area contributed by atoms with Crippen molar-refractivity contribution >= 4 is 0 Å². The van der Waals surface area contributed by atoms with E-state index in [4.69, 9.17) is 14.2 Å². The SMILES string of the molecule is COc1cc(CC2CCN(Cc3cc4c(cc3F)OCCO4)C2)cc(C)n1. The molecule has 2 aliphatic heterocycles. The van der Waals surface area contributed by atoms with Gasteiger partial charge in [-0.05, 0) is 49.9 Å². The van der Waals surface area contributed by atoms with Gasteiger partial charge >= 0.3 is 0 Å². The molecule has 0 amide bonds. The second-order valence-electron chi connectivity index (χ2n) is 7.34. The van der Waals surface area contributed by atoms with Crippen LogP contribution in [0.1, 0.15) is 23.2 Å². The number of aromatic nitrogens is 1. The minimum atomic E-state index is -0.225. The Balaban J connectivity index is 1.39. The Hall–Kier alpha value is -2.34. The highest BCUT2D eigenvalue weighted by Crippen LogP contribution is 2.34. The number of halogens is 1. The molecule has 0 bridgehead atoms. The predicted molar refractivity (Wildman–Crippen MR) is 100 cm³/mol. The van der Waals surface area contributed by atoms with Crippen molar-refractivity contribution in [3.8, 4) is 17.4 Å². The van der Waals surface area contributed by atoms with Gasteiger partial charge in [0.25, 0.3) is 0 Å². The Morgan fingerprint density at radius 3 is 2.74 bits per heavy atom. The van der Waals surface area contributed by atoms with Crippen molar-refractivity contribution < 1.29 is 18.6 Å². The Bertz CT molecular complexity index is 827. The first kappa shape index (κ1) is 18.0. The van der Waals surface area contributed by atoms with Crippen molar-refractivity contribution in [3.63, 3.8) is 0 Å². The highest BCUT2D eigenvalue weighted by molar-refractivity contribution is 5.44. The van der Waals surface area contributed by atoms with Crippen LogP contribution in [0.5, 0.6) is 17.4 Å². The van der Waals surface area contributed by atoms with Gasteiger partial charge in [-0.3, -0.25) is 4.90 Å². The molecule has 0 N–H and O–H groups in total. The molecule has 2 aromatic rings. The van der Waals surface area contributed by atoms with Gasteiger partial charge in [0.1, 0.15) is 19.0 Å². The minimum Gasteiger partial charge on any atom is -0.486 e. The Labute approximate surface area is 159 Å². The van der Waals surface area contributed by atoms with E-state index in [9.17, 15) is 4.39 Å². The molecule has 1 fully saturated rings. The molecule has 6 heteroatoms. The number of methoxy groups -OCH3 is 1. The smallest absolute Gasteiger partial charge is 0.213 e. The molecule has 1 aromatic heterocycles. The van der Waals surface area contributed by atoms with Crippen LogP contribution in [0.3, 0.4) is 0 Å². The summed E-state index contributed by atoms with van der Waals surface area (Å²) in [4.78, 5) is 6.66. The Morgan fingerprint density at radius 2 is 1.96 bits per heavy atom. The first-order chi connectivity index (χ1) is 13.1. The van der Waals surface area contributed by atoms with E-state index in [0.717, 1.165) is 31.6 Å². The van der Waals surface area contributed by atoms with Gasteiger partial charge in [0.15, 0.2) is 11.5 Å². The standard InChI is InChI=1S/C21H25FN2O3/c1-14-7-16(9-21(23-14)25-2)8-15-3-4-24(12-15)13-17-10-19-20(11-18(17)22)27-6-5-26-19/h7,9-11,15H,3-6,8,12-13H2,1-2H3. The molecule has 3 heterocycles. The molecule has 5 nitrogen and oxygen atoms in total. The van der Waals surface area contributed by atoms with Crippen LogP contribution < -0.4 is 14.2 Å². The van der Waals surface area contributed by atoms with E-state index in [2.05, 4.69) is 16.0 Å². The lowest BCUT2D eigenvalue weighted by Gasteiger charge is -2.21. The van der Waals surface area contributed by atoms with E-state index in [1.807, 2.05) is 13.0 Å². The highest BCUT2D eigenvalue weighted by Gasteiger charge is 2.25. The van der Waals surface area contributed by atoms with Crippen molar-refractivity contribution in [2.45, 2.75) is 26.3 Å². The third-order valence-corrected chi connectivity index (χ3v) is 5.20. The van der Waals surface area contributed by atoms with E-state index in [0.29, 0.717) is 48.6 Å².